The molecule has 2 aromatic rings. The number of piperidine rings is 1. The summed E-state index contributed by atoms with van der Waals surface area (Å²) in [4.78, 5) is 5.14. The van der Waals surface area contributed by atoms with Crippen molar-refractivity contribution in [2.75, 3.05) is 31.1 Å². The molecule has 24 heavy (non-hydrogen) atoms. The van der Waals surface area contributed by atoms with E-state index in [0.29, 0.717) is 5.41 Å². The summed E-state index contributed by atoms with van der Waals surface area (Å²) in [5.41, 5.74) is 6.46. The normalized spacial score (nSPS) is 28.5. The van der Waals surface area contributed by atoms with E-state index in [4.69, 9.17) is 0 Å². The molecule has 0 spiro atoms. The Balaban J connectivity index is 1.35. The Morgan fingerprint density at radius 2 is 1.83 bits per heavy atom. The molecule has 124 valence electrons. The first-order chi connectivity index (χ1) is 11.8. The van der Waals surface area contributed by atoms with Crippen molar-refractivity contribution < 1.29 is 0 Å². The molecule has 0 amide bonds. The number of hydrogen-bond donors (Lipinski definition) is 0. The van der Waals surface area contributed by atoms with Crippen LogP contribution in [0.25, 0.3) is 0 Å². The molecule has 1 aliphatic carbocycles. The van der Waals surface area contributed by atoms with Gasteiger partial charge in [0.2, 0.25) is 0 Å². The van der Waals surface area contributed by atoms with Gasteiger partial charge in [0, 0.05) is 37.3 Å². The first-order valence-corrected chi connectivity index (χ1v) is 9.43. The highest BCUT2D eigenvalue weighted by Crippen LogP contribution is 2.59. The van der Waals surface area contributed by atoms with Gasteiger partial charge in [-0.05, 0) is 54.1 Å². The van der Waals surface area contributed by atoms with Crippen molar-refractivity contribution in [3.8, 4) is 0 Å². The third-order valence-electron chi connectivity index (χ3n) is 6.60. The number of likely N-dealkylation sites (tertiary alicyclic amines) is 1. The van der Waals surface area contributed by atoms with Crippen LogP contribution >= 0.6 is 0 Å². The Bertz CT molecular complexity index is 751. The van der Waals surface area contributed by atoms with Crippen LogP contribution in [0.5, 0.6) is 0 Å². The van der Waals surface area contributed by atoms with Crippen molar-refractivity contribution in [1.29, 1.82) is 0 Å². The summed E-state index contributed by atoms with van der Waals surface area (Å²) in [6, 6.07) is 18.4. The minimum atomic E-state index is 0.489. The van der Waals surface area contributed by atoms with E-state index in [1.54, 1.807) is 5.56 Å². The summed E-state index contributed by atoms with van der Waals surface area (Å²) in [6.07, 6.45) is 2.56. The molecule has 0 bridgehead atoms. The molecule has 2 nitrogen and oxygen atoms in total. The highest BCUT2D eigenvalue weighted by atomic mass is 15.2. The number of hydrogen-bond acceptors (Lipinski definition) is 2. The lowest BCUT2D eigenvalue weighted by Crippen LogP contribution is -2.30. The summed E-state index contributed by atoms with van der Waals surface area (Å²) in [5, 5.41) is 0. The minimum Gasteiger partial charge on any atom is -0.367 e. The molecule has 1 saturated carbocycles. The molecule has 0 radical (unpaired) electrons. The van der Waals surface area contributed by atoms with Gasteiger partial charge in [0.25, 0.3) is 0 Å². The summed E-state index contributed by atoms with van der Waals surface area (Å²) in [6.45, 7) is 8.24. The highest BCUT2D eigenvalue weighted by Gasteiger charge is 2.60. The number of fused-ring (bicyclic) bond motifs is 2. The third-order valence-corrected chi connectivity index (χ3v) is 6.60. The van der Waals surface area contributed by atoms with Crippen molar-refractivity contribution in [2.24, 2.45) is 5.92 Å². The van der Waals surface area contributed by atoms with Crippen LogP contribution < -0.4 is 4.90 Å². The molecule has 2 heterocycles. The molecule has 2 unspecified atom stereocenters. The number of rotatable bonds is 3. The average Bonchev–Trinajstić information content (AvgIpc) is 3.23. The quantitative estimate of drug-likeness (QED) is 0.848. The molecule has 2 atom stereocenters. The van der Waals surface area contributed by atoms with Crippen LogP contribution in [-0.4, -0.2) is 31.1 Å². The van der Waals surface area contributed by atoms with E-state index < -0.39 is 0 Å². The maximum Gasteiger partial charge on any atom is 0.0432 e. The van der Waals surface area contributed by atoms with Crippen LogP contribution in [0.3, 0.4) is 0 Å². The monoisotopic (exact) mass is 318 g/mol. The van der Waals surface area contributed by atoms with Crippen molar-refractivity contribution in [3.05, 3.63) is 65.2 Å². The zero-order valence-electron chi connectivity index (χ0n) is 14.5. The number of nitrogens with zero attached hydrogens (tertiary/aromatic N) is 2. The fourth-order valence-corrected chi connectivity index (χ4v) is 4.99. The molecule has 5 rings (SSSR count). The molecular formula is C22H26N2. The lowest BCUT2D eigenvalue weighted by Gasteiger charge is -2.31. The van der Waals surface area contributed by atoms with Gasteiger partial charge in [-0.25, -0.2) is 0 Å². The van der Waals surface area contributed by atoms with Crippen molar-refractivity contribution in [2.45, 2.75) is 31.7 Å². The molecule has 2 aliphatic heterocycles. The van der Waals surface area contributed by atoms with Crippen molar-refractivity contribution in [1.82, 2.24) is 4.90 Å². The SMILES string of the molecule is CCN1CC2CC2(c2ccc(N3CCc4ccccc4C3)cc2)C1. The molecule has 0 aromatic heterocycles. The first kappa shape index (κ1) is 14.5. The number of benzene rings is 2. The smallest absolute Gasteiger partial charge is 0.0432 e. The lowest BCUT2D eigenvalue weighted by molar-refractivity contribution is 0.314. The van der Waals surface area contributed by atoms with Crippen LogP contribution in [-0.2, 0) is 18.4 Å². The maximum absolute atomic E-state index is 2.61. The summed E-state index contributed by atoms with van der Waals surface area (Å²) >= 11 is 0. The van der Waals surface area contributed by atoms with Gasteiger partial charge in [-0.2, -0.15) is 0 Å². The largest absolute Gasteiger partial charge is 0.367 e. The lowest BCUT2D eigenvalue weighted by atomic mass is 9.94. The second kappa shape index (κ2) is 5.35. The highest BCUT2D eigenvalue weighted by molar-refractivity contribution is 5.52. The Labute approximate surface area is 145 Å². The fraction of sp³-hybridized carbons (Fsp3) is 0.455. The van der Waals surface area contributed by atoms with E-state index in [0.717, 1.165) is 25.4 Å². The van der Waals surface area contributed by atoms with Crippen LogP contribution in [0.1, 0.15) is 30.0 Å². The summed E-state index contributed by atoms with van der Waals surface area (Å²) in [5.74, 6) is 0.908. The second-order valence-corrected chi connectivity index (χ2v) is 7.87. The van der Waals surface area contributed by atoms with E-state index >= 15 is 0 Å². The minimum absolute atomic E-state index is 0.489. The molecule has 0 N–H and O–H groups in total. The Morgan fingerprint density at radius 3 is 2.58 bits per heavy atom. The predicted octanol–water partition coefficient (Wildman–Crippen LogP) is 3.84. The van der Waals surface area contributed by atoms with Crippen LogP contribution in [0.15, 0.2) is 48.5 Å². The third kappa shape index (κ3) is 2.20. The standard InChI is InChI=1S/C22H26N2/c1-2-23-15-20-13-22(20,16-23)19-7-9-21(10-8-19)24-12-11-17-5-3-4-6-18(17)14-24/h3-10,20H,2,11-16H2,1H3. The molecule has 2 fully saturated rings. The summed E-state index contributed by atoms with van der Waals surface area (Å²) in [7, 11) is 0. The molecule has 3 aliphatic rings. The van der Waals surface area contributed by atoms with E-state index in [1.165, 1.54) is 42.9 Å². The van der Waals surface area contributed by atoms with Gasteiger partial charge >= 0.3 is 0 Å². The zero-order valence-corrected chi connectivity index (χ0v) is 14.5. The van der Waals surface area contributed by atoms with Gasteiger partial charge in [-0.3, -0.25) is 0 Å². The van der Waals surface area contributed by atoms with Crippen LogP contribution in [0, 0.1) is 5.92 Å². The zero-order chi connectivity index (χ0) is 16.1. The van der Waals surface area contributed by atoms with Crippen LogP contribution in [0.4, 0.5) is 5.69 Å². The first-order valence-electron chi connectivity index (χ1n) is 9.43. The Morgan fingerprint density at radius 1 is 1.04 bits per heavy atom. The van der Waals surface area contributed by atoms with Gasteiger partial charge in [0.15, 0.2) is 0 Å². The van der Waals surface area contributed by atoms with Gasteiger partial charge in [-0.15, -0.1) is 0 Å². The second-order valence-electron chi connectivity index (χ2n) is 7.87. The van der Waals surface area contributed by atoms with E-state index in [9.17, 15) is 0 Å². The van der Waals surface area contributed by atoms with Gasteiger partial charge < -0.3 is 9.80 Å². The Kier molecular flexibility index (Phi) is 3.24. The van der Waals surface area contributed by atoms with Crippen molar-refractivity contribution >= 4 is 5.69 Å². The maximum atomic E-state index is 2.61. The molecule has 2 heteroatoms. The van der Waals surface area contributed by atoms with E-state index in [1.807, 2.05) is 0 Å². The van der Waals surface area contributed by atoms with E-state index in [2.05, 4.69) is 65.3 Å². The summed E-state index contributed by atoms with van der Waals surface area (Å²) < 4.78 is 0. The van der Waals surface area contributed by atoms with Crippen molar-refractivity contribution in [3.63, 3.8) is 0 Å². The molecular weight excluding hydrogens is 292 g/mol. The topological polar surface area (TPSA) is 6.48 Å². The van der Waals surface area contributed by atoms with Gasteiger partial charge in [0.1, 0.15) is 0 Å². The number of anilines is 1. The van der Waals surface area contributed by atoms with Crippen LogP contribution in [0.2, 0.25) is 0 Å². The molecule has 2 aromatic carbocycles. The van der Waals surface area contributed by atoms with E-state index in [-0.39, 0.29) is 0 Å². The molecule has 1 saturated heterocycles. The Hall–Kier alpha value is -1.80. The van der Waals surface area contributed by atoms with Gasteiger partial charge in [0.05, 0.1) is 0 Å². The fourth-order valence-electron chi connectivity index (χ4n) is 4.99. The van der Waals surface area contributed by atoms with Gasteiger partial charge in [-0.1, -0.05) is 43.3 Å². The predicted molar refractivity (Wildman–Crippen MR) is 99.5 cm³/mol. The number of likely N-dealkylation sites (N-methyl/N-ethyl adjacent to an activating group) is 1. The average molecular weight is 318 g/mol.